The van der Waals surface area contributed by atoms with E-state index >= 15 is 0 Å². The number of anilines is 1. The van der Waals surface area contributed by atoms with Gasteiger partial charge in [-0.1, -0.05) is 18.2 Å². The molecule has 2 amide bonds. The highest BCUT2D eigenvalue weighted by Gasteiger charge is 2.36. The van der Waals surface area contributed by atoms with Crippen molar-refractivity contribution in [3.05, 3.63) is 53.6 Å². The van der Waals surface area contributed by atoms with Gasteiger partial charge in [0.1, 0.15) is 11.5 Å². The van der Waals surface area contributed by atoms with Crippen molar-refractivity contribution in [3.63, 3.8) is 0 Å². The van der Waals surface area contributed by atoms with Gasteiger partial charge in [-0.3, -0.25) is 14.5 Å². The van der Waals surface area contributed by atoms with Crippen molar-refractivity contribution in [1.29, 1.82) is 0 Å². The number of aliphatic hydroxyl groups excluding tert-OH is 1. The van der Waals surface area contributed by atoms with Crippen LogP contribution in [0.1, 0.15) is 36.4 Å². The van der Waals surface area contributed by atoms with Gasteiger partial charge < -0.3 is 20.1 Å². The summed E-state index contributed by atoms with van der Waals surface area (Å²) in [5, 5.41) is 12.6. The average molecular weight is 650 g/mol. The summed E-state index contributed by atoms with van der Waals surface area (Å²) in [5.74, 6) is -1.71. The van der Waals surface area contributed by atoms with Crippen LogP contribution in [0.15, 0.2) is 47.4 Å². The Morgan fingerprint density at radius 1 is 1.14 bits per heavy atom. The monoisotopic (exact) mass is 649 g/mol. The van der Waals surface area contributed by atoms with Crippen LogP contribution in [-0.4, -0.2) is 79.5 Å². The van der Waals surface area contributed by atoms with Crippen LogP contribution in [0.5, 0.6) is 5.75 Å². The zero-order valence-electron chi connectivity index (χ0n) is 22.6. The fourth-order valence-electron chi connectivity index (χ4n) is 5.28. The molecule has 2 fully saturated rings. The number of amides is 2. The topological polar surface area (TPSA) is 116 Å². The van der Waals surface area contributed by atoms with Crippen LogP contribution in [0, 0.1) is 5.92 Å². The van der Waals surface area contributed by atoms with E-state index in [-0.39, 0.29) is 61.6 Å². The number of likely N-dealkylation sites (tertiary alicyclic amines) is 1. The third kappa shape index (κ3) is 8.56. The van der Waals surface area contributed by atoms with E-state index < -0.39 is 40.0 Å². The molecule has 1 saturated carbocycles. The van der Waals surface area contributed by atoms with Crippen molar-refractivity contribution in [3.8, 4) is 5.75 Å². The number of benzene rings is 2. The van der Waals surface area contributed by atoms with Gasteiger partial charge in [0.2, 0.25) is 11.8 Å². The Bertz CT molecular complexity index is 1400. The zero-order valence-corrected chi connectivity index (χ0v) is 25.4. The van der Waals surface area contributed by atoms with Crippen LogP contribution >= 0.6 is 27.0 Å². The fourth-order valence-corrected chi connectivity index (χ4v) is 6.57. The van der Waals surface area contributed by atoms with Crippen LogP contribution in [0.2, 0.25) is 0 Å². The highest BCUT2D eigenvalue weighted by molar-refractivity contribution is 7.92. The van der Waals surface area contributed by atoms with Crippen LogP contribution in [-0.2, 0) is 25.8 Å². The lowest BCUT2D eigenvalue weighted by Crippen LogP contribution is -2.43. The first-order valence-electron chi connectivity index (χ1n) is 13.1. The second kappa shape index (κ2) is 13.5. The number of fused-ring (bicyclic) bond motifs is 1. The number of hydrogen-bond acceptors (Lipinski definition) is 7. The summed E-state index contributed by atoms with van der Waals surface area (Å²) in [6.45, 7) is 1.68. The normalized spacial score (nSPS) is 20.4. The predicted molar refractivity (Wildman–Crippen MR) is 159 cm³/mol. The minimum Gasteiger partial charge on any atom is -0.406 e. The number of aliphatic hydroxyl groups is 1. The van der Waals surface area contributed by atoms with E-state index in [1.807, 2.05) is 4.90 Å². The Labute approximate surface area is 256 Å². The second-order valence-electron chi connectivity index (χ2n) is 10.6. The Hall–Kier alpha value is -2.46. The van der Waals surface area contributed by atoms with Crippen LogP contribution < -0.4 is 10.1 Å². The molecule has 2 aromatic carbocycles. The maximum Gasteiger partial charge on any atom is 0.573 e. The maximum absolute atomic E-state index is 13.8. The Balaban J connectivity index is 0.00000242. The molecular formula is C27H34F3N3O6S3. The number of hydrogen-bond donors (Lipinski definition) is 2. The zero-order chi connectivity index (χ0) is 28.7. The van der Waals surface area contributed by atoms with E-state index in [0.717, 1.165) is 12.8 Å². The van der Waals surface area contributed by atoms with Crippen molar-refractivity contribution in [2.75, 3.05) is 37.2 Å². The van der Waals surface area contributed by atoms with Crippen molar-refractivity contribution in [1.82, 2.24) is 9.80 Å². The summed E-state index contributed by atoms with van der Waals surface area (Å²) in [5.41, 5.74) is 1.09. The van der Waals surface area contributed by atoms with Gasteiger partial charge in [0.15, 0.2) is 9.84 Å². The molecule has 9 nitrogen and oxygen atoms in total. The summed E-state index contributed by atoms with van der Waals surface area (Å²) >= 11 is 0. The lowest BCUT2D eigenvalue weighted by atomic mass is 10.0. The molecule has 5 rings (SSSR count). The number of halogens is 3. The molecule has 2 heterocycles. The van der Waals surface area contributed by atoms with Crippen LogP contribution in [0.4, 0.5) is 18.9 Å². The minimum atomic E-state index is -4.87. The standard InChI is InChI=1S/C27H30F3N3O6S.2H2S/c28-27(29,30)39-21-3-1-2-19(12-21)23(15-32-9-8-20(34)14-32)33(13-17-4-5-17)26(36)11-18-6-7-24-22(10-18)31-25(35)16-40(24,37)38;;/h1-3,6-7,10,12,17,20,23,34H,4-5,8-9,11,13-16H2,(H,31,35);2*1H2/t20-,23+;;/m0../s1. The molecule has 42 heavy (non-hydrogen) atoms. The molecular weight excluding hydrogens is 616 g/mol. The van der Waals surface area contributed by atoms with Crippen LogP contribution in [0.25, 0.3) is 0 Å². The number of carbonyl (C=O) groups excluding carboxylic acids is 2. The average Bonchev–Trinajstić information content (AvgIpc) is 3.58. The highest BCUT2D eigenvalue weighted by atomic mass is 32.2. The molecule has 2 aliphatic heterocycles. The van der Waals surface area contributed by atoms with Crippen molar-refractivity contribution in [2.24, 2.45) is 5.92 Å². The molecule has 0 aromatic heterocycles. The lowest BCUT2D eigenvalue weighted by Gasteiger charge is -2.35. The number of ether oxygens (including phenoxy) is 1. The van der Waals surface area contributed by atoms with Gasteiger partial charge in [-0.15, -0.1) is 13.2 Å². The first kappa shape index (κ1) is 34.0. The highest BCUT2D eigenvalue weighted by Crippen LogP contribution is 2.36. The number of carbonyl (C=O) groups is 2. The van der Waals surface area contributed by atoms with E-state index in [4.69, 9.17) is 0 Å². The molecule has 2 aromatic rings. The SMILES string of the molecule is O=C1CS(=O)(=O)c2ccc(CC(=O)N(CC3CC3)[C@H](CN3CC[C@H](O)C3)c3cccc(OC(F)(F)F)c3)cc2N1.S.S. The molecule has 2 N–H and O–H groups in total. The summed E-state index contributed by atoms with van der Waals surface area (Å²) in [6, 6.07) is 9.37. The predicted octanol–water partition coefficient (Wildman–Crippen LogP) is 3.13. The van der Waals surface area contributed by atoms with E-state index in [0.29, 0.717) is 43.7 Å². The molecule has 0 radical (unpaired) electrons. The number of rotatable bonds is 9. The summed E-state index contributed by atoms with van der Waals surface area (Å²) in [6.07, 6.45) is -3.07. The summed E-state index contributed by atoms with van der Waals surface area (Å²) in [7, 11) is -3.77. The molecule has 15 heteroatoms. The van der Waals surface area contributed by atoms with E-state index in [1.165, 1.54) is 36.4 Å². The summed E-state index contributed by atoms with van der Waals surface area (Å²) < 4.78 is 67.8. The number of β-amino-alcohol motifs (C(OH)–C–C–N with tert-alkyl or cyclic N) is 1. The van der Waals surface area contributed by atoms with Gasteiger partial charge in [-0.05, 0) is 60.6 Å². The van der Waals surface area contributed by atoms with Crippen LogP contribution in [0.3, 0.4) is 0 Å². The number of sulfone groups is 1. The van der Waals surface area contributed by atoms with Crippen molar-refractivity contribution >= 4 is 54.3 Å². The molecule has 1 saturated heterocycles. The molecule has 2 atom stereocenters. The van der Waals surface area contributed by atoms with Crippen molar-refractivity contribution in [2.45, 2.75) is 49.1 Å². The molecule has 0 spiro atoms. The van der Waals surface area contributed by atoms with Gasteiger partial charge in [-0.25, -0.2) is 8.42 Å². The first-order valence-corrected chi connectivity index (χ1v) is 14.7. The number of nitrogens with one attached hydrogen (secondary N) is 1. The van der Waals surface area contributed by atoms with Gasteiger partial charge in [0.05, 0.1) is 29.1 Å². The number of nitrogens with zero attached hydrogens (tertiary/aromatic N) is 2. The maximum atomic E-state index is 13.8. The van der Waals surface area contributed by atoms with Gasteiger partial charge >= 0.3 is 6.36 Å². The molecule has 232 valence electrons. The number of alkyl halides is 3. The van der Waals surface area contributed by atoms with Gasteiger partial charge in [0, 0.05) is 26.2 Å². The molecule has 3 aliphatic rings. The van der Waals surface area contributed by atoms with E-state index in [9.17, 15) is 36.3 Å². The first-order chi connectivity index (χ1) is 18.9. The molecule has 0 unspecified atom stereocenters. The Morgan fingerprint density at radius 2 is 1.88 bits per heavy atom. The van der Waals surface area contributed by atoms with Gasteiger partial charge in [0.25, 0.3) is 0 Å². The lowest BCUT2D eigenvalue weighted by molar-refractivity contribution is -0.274. The second-order valence-corrected chi connectivity index (χ2v) is 12.6. The van der Waals surface area contributed by atoms with E-state index in [1.54, 1.807) is 11.0 Å². The van der Waals surface area contributed by atoms with E-state index in [2.05, 4.69) is 10.1 Å². The molecule has 1 aliphatic carbocycles. The Morgan fingerprint density at radius 3 is 2.52 bits per heavy atom. The van der Waals surface area contributed by atoms with Gasteiger partial charge in [-0.2, -0.15) is 27.0 Å². The molecule has 0 bridgehead atoms. The smallest absolute Gasteiger partial charge is 0.406 e. The minimum absolute atomic E-state index is 0. The quantitative estimate of drug-likeness (QED) is 0.429. The largest absolute Gasteiger partial charge is 0.573 e. The third-order valence-corrected chi connectivity index (χ3v) is 9.00. The fraction of sp³-hybridized carbons (Fsp3) is 0.481. The summed E-state index contributed by atoms with van der Waals surface area (Å²) in [4.78, 5) is 29.4. The van der Waals surface area contributed by atoms with Crippen molar-refractivity contribution < 1.29 is 41.0 Å². The third-order valence-electron chi connectivity index (χ3n) is 7.33. The Kier molecular flexibility index (Phi) is 10.9.